The van der Waals surface area contributed by atoms with E-state index in [0.29, 0.717) is 6.42 Å². The Kier molecular flexibility index (Phi) is 2.47. The van der Waals surface area contributed by atoms with Crippen molar-refractivity contribution in [1.29, 1.82) is 0 Å². The lowest BCUT2D eigenvalue weighted by molar-refractivity contribution is -0.183. The van der Waals surface area contributed by atoms with Gasteiger partial charge in [-0.15, -0.1) is 0 Å². The lowest BCUT2D eigenvalue weighted by Crippen LogP contribution is -2.43. The Morgan fingerprint density at radius 3 is 2.36 bits per heavy atom. The standard InChI is InChI=1S/C9H15F3N2/c1-5-13-7-3-2-6(9(10,11)12)4-8(7)14-5/h5-8,13-14H,2-4H2,1H3. The lowest BCUT2D eigenvalue weighted by Gasteiger charge is -2.32. The first-order chi connectivity index (χ1) is 6.47. The first-order valence-electron chi connectivity index (χ1n) is 5.05. The summed E-state index contributed by atoms with van der Waals surface area (Å²) in [7, 11) is 0. The van der Waals surface area contributed by atoms with Crippen LogP contribution < -0.4 is 10.6 Å². The van der Waals surface area contributed by atoms with Crippen molar-refractivity contribution in [3.05, 3.63) is 0 Å². The van der Waals surface area contributed by atoms with Gasteiger partial charge in [-0.3, -0.25) is 10.6 Å². The minimum Gasteiger partial charge on any atom is -0.298 e. The highest BCUT2D eigenvalue weighted by Gasteiger charge is 2.46. The van der Waals surface area contributed by atoms with Crippen molar-refractivity contribution in [1.82, 2.24) is 10.6 Å². The topological polar surface area (TPSA) is 24.1 Å². The predicted octanol–water partition coefficient (Wildman–Crippen LogP) is 1.62. The zero-order chi connectivity index (χ0) is 10.3. The van der Waals surface area contributed by atoms with E-state index in [1.165, 1.54) is 0 Å². The maximum atomic E-state index is 12.4. The van der Waals surface area contributed by atoms with E-state index in [1.807, 2.05) is 6.92 Å². The van der Waals surface area contributed by atoms with Crippen LogP contribution in [0.3, 0.4) is 0 Å². The Morgan fingerprint density at radius 2 is 1.71 bits per heavy atom. The maximum absolute atomic E-state index is 12.4. The first kappa shape index (κ1) is 10.2. The van der Waals surface area contributed by atoms with Gasteiger partial charge in [0, 0.05) is 12.1 Å². The molecule has 2 N–H and O–H groups in total. The van der Waals surface area contributed by atoms with Crippen molar-refractivity contribution in [2.24, 2.45) is 5.92 Å². The monoisotopic (exact) mass is 208 g/mol. The van der Waals surface area contributed by atoms with Crippen molar-refractivity contribution in [3.8, 4) is 0 Å². The molecule has 4 atom stereocenters. The number of nitrogens with one attached hydrogen (secondary N) is 2. The van der Waals surface area contributed by atoms with E-state index >= 15 is 0 Å². The van der Waals surface area contributed by atoms with Crippen LogP contribution in [-0.4, -0.2) is 24.4 Å². The van der Waals surface area contributed by atoms with Crippen LogP contribution in [0.25, 0.3) is 0 Å². The average Bonchev–Trinajstić information content (AvgIpc) is 2.41. The van der Waals surface area contributed by atoms with E-state index in [1.54, 1.807) is 0 Å². The van der Waals surface area contributed by atoms with Crippen molar-refractivity contribution < 1.29 is 13.2 Å². The van der Waals surface area contributed by atoms with E-state index < -0.39 is 12.1 Å². The van der Waals surface area contributed by atoms with Gasteiger partial charge in [0.15, 0.2) is 0 Å². The smallest absolute Gasteiger partial charge is 0.298 e. The summed E-state index contributed by atoms with van der Waals surface area (Å²) in [5.74, 6) is -1.11. The number of alkyl halides is 3. The fourth-order valence-electron chi connectivity index (χ4n) is 2.54. The molecule has 0 radical (unpaired) electrons. The predicted molar refractivity (Wildman–Crippen MR) is 46.7 cm³/mol. The van der Waals surface area contributed by atoms with Gasteiger partial charge in [0.1, 0.15) is 0 Å². The van der Waals surface area contributed by atoms with Gasteiger partial charge in [0.05, 0.1) is 12.1 Å². The van der Waals surface area contributed by atoms with Crippen LogP contribution in [0.15, 0.2) is 0 Å². The summed E-state index contributed by atoms with van der Waals surface area (Å²) in [6, 6.07) is 0.244. The Hall–Kier alpha value is -0.290. The number of hydrogen-bond acceptors (Lipinski definition) is 2. The van der Waals surface area contributed by atoms with Crippen LogP contribution in [0.1, 0.15) is 26.2 Å². The van der Waals surface area contributed by atoms with Gasteiger partial charge in [-0.1, -0.05) is 0 Å². The molecule has 14 heavy (non-hydrogen) atoms. The van der Waals surface area contributed by atoms with Crippen LogP contribution in [0.4, 0.5) is 13.2 Å². The molecule has 2 nitrogen and oxygen atoms in total. The molecule has 4 unspecified atom stereocenters. The van der Waals surface area contributed by atoms with Crippen molar-refractivity contribution in [2.45, 2.75) is 50.6 Å². The molecule has 2 aliphatic rings. The van der Waals surface area contributed by atoms with Gasteiger partial charge in [-0.2, -0.15) is 13.2 Å². The van der Waals surface area contributed by atoms with Gasteiger partial charge in [0.2, 0.25) is 0 Å². The molecule has 2 rings (SSSR count). The molecule has 0 amide bonds. The molecule has 1 saturated carbocycles. The molecule has 82 valence electrons. The van der Waals surface area contributed by atoms with Crippen LogP contribution in [-0.2, 0) is 0 Å². The fourth-order valence-corrected chi connectivity index (χ4v) is 2.54. The molecule has 1 aliphatic carbocycles. The summed E-state index contributed by atoms with van der Waals surface area (Å²) in [4.78, 5) is 0. The number of halogens is 3. The summed E-state index contributed by atoms with van der Waals surface area (Å²) in [5, 5.41) is 6.40. The molecule has 0 aromatic carbocycles. The molecule has 2 fully saturated rings. The summed E-state index contributed by atoms with van der Waals surface area (Å²) < 4.78 is 37.3. The molecule has 0 aromatic heterocycles. The SMILES string of the molecule is CC1NC2CCC(C(F)(F)F)CC2N1. The minimum atomic E-state index is -4.02. The van der Waals surface area contributed by atoms with Gasteiger partial charge < -0.3 is 0 Å². The largest absolute Gasteiger partial charge is 0.391 e. The highest BCUT2D eigenvalue weighted by atomic mass is 19.4. The van der Waals surface area contributed by atoms with Gasteiger partial charge in [-0.25, -0.2) is 0 Å². The first-order valence-corrected chi connectivity index (χ1v) is 5.05. The van der Waals surface area contributed by atoms with E-state index in [9.17, 15) is 13.2 Å². The summed E-state index contributed by atoms with van der Waals surface area (Å²) in [6.07, 6.45) is -2.74. The molecule has 0 bridgehead atoms. The van der Waals surface area contributed by atoms with Crippen molar-refractivity contribution >= 4 is 0 Å². The number of fused-ring (bicyclic) bond motifs is 1. The highest BCUT2D eigenvalue weighted by Crippen LogP contribution is 2.38. The Bertz CT molecular complexity index is 217. The maximum Gasteiger partial charge on any atom is 0.391 e. The summed E-state index contributed by atoms with van der Waals surface area (Å²) in [6.45, 7) is 1.95. The van der Waals surface area contributed by atoms with E-state index in [0.717, 1.165) is 0 Å². The van der Waals surface area contributed by atoms with Crippen LogP contribution in [0, 0.1) is 5.92 Å². The highest BCUT2D eigenvalue weighted by molar-refractivity contribution is 4.97. The summed E-state index contributed by atoms with van der Waals surface area (Å²) >= 11 is 0. The second-order valence-corrected chi connectivity index (χ2v) is 4.32. The van der Waals surface area contributed by atoms with Crippen molar-refractivity contribution in [2.75, 3.05) is 0 Å². The zero-order valence-electron chi connectivity index (χ0n) is 8.06. The molecule has 1 heterocycles. The van der Waals surface area contributed by atoms with Gasteiger partial charge in [0.25, 0.3) is 0 Å². The third kappa shape index (κ3) is 1.88. The fraction of sp³-hybridized carbons (Fsp3) is 1.00. The van der Waals surface area contributed by atoms with Gasteiger partial charge >= 0.3 is 6.18 Å². The lowest BCUT2D eigenvalue weighted by atomic mass is 9.83. The molecule has 0 spiro atoms. The minimum absolute atomic E-state index is 0.00498. The molecular weight excluding hydrogens is 193 g/mol. The second kappa shape index (κ2) is 3.38. The van der Waals surface area contributed by atoms with Crippen molar-refractivity contribution in [3.63, 3.8) is 0 Å². The Morgan fingerprint density at radius 1 is 1.07 bits per heavy atom. The van der Waals surface area contributed by atoms with E-state index in [4.69, 9.17) is 0 Å². The van der Waals surface area contributed by atoms with Gasteiger partial charge in [-0.05, 0) is 26.2 Å². The summed E-state index contributed by atoms with van der Waals surface area (Å²) in [5.41, 5.74) is 0. The zero-order valence-corrected chi connectivity index (χ0v) is 8.06. The normalized spacial score (nSPS) is 43.7. The third-order valence-corrected chi connectivity index (χ3v) is 3.24. The second-order valence-electron chi connectivity index (χ2n) is 4.32. The Balaban J connectivity index is 1.98. The molecule has 1 aliphatic heterocycles. The van der Waals surface area contributed by atoms with Crippen LogP contribution in [0.2, 0.25) is 0 Å². The third-order valence-electron chi connectivity index (χ3n) is 3.24. The van der Waals surface area contributed by atoms with E-state index in [2.05, 4.69) is 10.6 Å². The van der Waals surface area contributed by atoms with Crippen LogP contribution in [0.5, 0.6) is 0 Å². The number of rotatable bonds is 0. The quantitative estimate of drug-likeness (QED) is 0.632. The Labute approximate surface area is 81.2 Å². The number of hydrogen-bond donors (Lipinski definition) is 2. The molecule has 0 aromatic rings. The van der Waals surface area contributed by atoms with E-state index in [-0.39, 0.29) is 31.1 Å². The van der Waals surface area contributed by atoms with Crippen LogP contribution >= 0.6 is 0 Å². The molecule has 1 saturated heterocycles. The average molecular weight is 208 g/mol. The molecule has 5 heteroatoms. The molecular formula is C9H15F3N2.